The molecule has 0 radical (unpaired) electrons. The Hall–Kier alpha value is -2.18. The summed E-state index contributed by atoms with van der Waals surface area (Å²) in [6.45, 7) is 0.322. The Morgan fingerprint density at radius 2 is 2.10 bits per heavy atom. The van der Waals surface area contributed by atoms with Gasteiger partial charge in [-0.25, -0.2) is 15.0 Å². The van der Waals surface area contributed by atoms with E-state index in [2.05, 4.69) is 20.3 Å². The monoisotopic (exact) mass is 303 g/mol. The van der Waals surface area contributed by atoms with Gasteiger partial charge in [-0.3, -0.25) is 0 Å². The lowest BCUT2D eigenvalue weighted by Crippen LogP contribution is -2.09. The van der Waals surface area contributed by atoms with Crippen molar-refractivity contribution in [3.05, 3.63) is 47.5 Å². The van der Waals surface area contributed by atoms with Crippen LogP contribution in [0.25, 0.3) is 11.2 Å². The number of halogens is 1. The van der Waals surface area contributed by atoms with Gasteiger partial charge in [-0.2, -0.15) is 0 Å². The van der Waals surface area contributed by atoms with E-state index < -0.39 is 6.10 Å². The molecule has 1 atom stereocenters. The number of rotatable bonds is 4. The van der Waals surface area contributed by atoms with Crippen LogP contribution >= 0.6 is 11.6 Å². The Balaban J connectivity index is 1.97. The number of imidazole rings is 1. The Kier molecular flexibility index (Phi) is 3.72. The van der Waals surface area contributed by atoms with Crippen LogP contribution in [-0.2, 0) is 6.54 Å². The first kappa shape index (κ1) is 13.8. The van der Waals surface area contributed by atoms with Gasteiger partial charge in [-0.15, -0.1) is 0 Å². The lowest BCUT2D eigenvalue weighted by molar-refractivity contribution is 0.158. The maximum Gasteiger partial charge on any atom is 0.182 e. The van der Waals surface area contributed by atoms with E-state index in [9.17, 15) is 5.11 Å². The average Bonchev–Trinajstić information content (AvgIpc) is 2.91. The van der Waals surface area contributed by atoms with Crippen molar-refractivity contribution in [2.24, 2.45) is 0 Å². The van der Waals surface area contributed by atoms with Crippen LogP contribution in [0.3, 0.4) is 0 Å². The molecule has 3 aromatic rings. The highest BCUT2D eigenvalue weighted by atomic mass is 35.5. The van der Waals surface area contributed by atoms with E-state index >= 15 is 0 Å². The number of aliphatic hydroxyl groups is 1. The minimum atomic E-state index is -0.735. The second-order valence-electron chi connectivity index (χ2n) is 4.58. The van der Waals surface area contributed by atoms with Crippen molar-refractivity contribution in [3.63, 3.8) is 0 Å². The van der Waals surface area contributed by atoms with Crippen molar-refractivity contribution in [2.75, 3.05) is 12.4 Å². The van der Waals surface area contributed by atoms with E-state index in [4.69, 9.17) is 11.6 Å². The van der Waals surface area contributed by atoms with Crippen LogP contribution in [-0.4, -0.2) is 31.7 Å². The Bertz CT molecular complexity index is 773. The number of nitrogens with one attached hydrogen (secondary N) is 1. The van der Waals surface area contributed by atoms with Gasteiger partial charge in [0.25, 0.3) is 0 Å². The molecule has 1 aromatic carbocycles. The lowest BCUT2D eigenvalue weighted by atomic mass is 10.1. The second kappa shape index (κ2) is 5.67. The van der Waals surface area contributed by atoms with Gasteiger partial charge in [-0.05, 0) is 6.07 Å². The minimum Gasteiger partial charge on any atom is -0.386 e. The lowest BCUT2D eigenvalue weighted by Gasteiger charge is -2.14. The summed E-state index contributed by atoms with van der Waals surface area (Å²) < 4.78 is 1.81. The molecule has 0 spiro atoms. The molecule has 108 valence electrons. The standard InChI is InChI=1S/C14H14ClN5O/c1-16-13-12-14(18-7-17-13)19-8-20(12)6-11(21)9-4-2-3-5-10(9)15/h2-5,7-8,11,21H,6H2,1H3,(H,16,17,18)/t11-/m0/s1. The molecule has 0 saturated heterocycles. The topological polar surface area (TPSA) is 75.9 Å². The predicted molar refractivity (Wildman–Crippen MR) is 81.3 cm³/mol. The molecule has 2 N–H and O–H groups in total. The van der Waals surface area contributed by atoms with E-state index in [-0.39, 0.29) is 0 Å². The van der Waals surface area contributed by atoms with Crippen LogP contribution in [0.5, 0.6) is 0 Å². The molecule has 0 aliphatic heterocycles. The van der Waals surface area contributed by atoms with Gasteiger partial charge >= 0.3 is 0 Å². The quantitative estimate of drug-likeness (QED) is 0.773. The highest BCUT2D eigenvalue weighted by molar-refractivity contribution is 6.31. The summed E-state index contributed by atoms with van der Waals surface area (Å²) in [5, 5.41) is 13.9. The van der Waals surface area contributed by atoms with Gasteiger partial charge in [0.05, 0.1) is 19.0 Å². The molecule has 7 heteroatoms. The predicted octanol–water partition coefficient (Wildman–Crippen LogP) is 2.25. The van der Waals surface area contributed by atoms with E-state index in [0.29, 0.717) is 28.6 Å². The van der Waals surface area contributed by atoms with Crippen molar-refractivity contribution in [2.45, 2.75) is 12.6 Å². The smallest absolute Gasteiger partial charge is 0.182 e. The fourth-order valence-corrected chi connectivity index (χ4v) is 2.52. The zero-order valence-electron chi connectivity index (χ0n) is 11.4. The zero-order chi connectivity index (χ0) is 14.8. The van der Waals surface area contributed by atoms with Crippen molar-refractivity contribution in [1.29, 1.82) is 0 Å². The van der Waals surface area contributed by atoms with Gasteiger partial charge in [0, 0.05) is 17.6 Å². The van der Waals surface area contributed by atoms with Crippen molar-refractivity contribution >= 4 is 28.6 Å². The molecule has 0 bridgehead atoms. The largest absolute Gasteiger partial charge is 0.386 e. The summed E-state index contributed by atoms with van der Waals surface area (Å²) in [5.41, 5.74) is 2.02. The van der Waals surface area contributed by atoms with Crippen LogP contribution in [0.2, 0.25) is 5.02 Å². The van der Waals surface area contributed by atoms with E-state index in [1.165, 1.54) is 6.33 Å². The number of anilines is 1. The van der Waals surface area contributed by atoms with Gasteiger partial charge in [0.15, 0.2) is 11.5 Å². The molecule has 0 amide bonds. The summed E-state index contributed by atoms with van der Waals surface area (Å²) in [7, 11) is 1.78. The fraction of sp³-hybridized carbons (Fsp3) is 0.214. The van der Waals surface area contributed by atoms with Crippen molar-refractivity contribution in [1.82, 2.24) is 19.5 Å². The summed E-state index contributed by atoms with van der Waals surface area (Å²) in [6.07, 6.45) is 2.36. The number of fused-ring (bicyclic) bond motifs is 1. The average molecular weight is 304 g/mol. The van der Waals surface area contributed by atoms with Crippen LogP contribution in [0.15, 0.2) is 36.9 Å². The van der Waals surface area contributed by atoms with Crippen LogP contribution < -0.4 is 5.32 Å². The van der Waals surface area contributed by atoms with Crippen LogP contribution in [0.4, 0.5) is 5.82 Å². The third-order valence-electron chi connectivity index (χ3n) is 3.28. The van der Waals surface area contributed by atoms with E-state index in [0.717, 1.165) is 5.52 Å². The zero-order valence-corrected chi connectivity index (χ0v) is 12.1. The summed E-state index contributed by atoms with van der Waals surface area (Å²) >= 11 is 6.11. The number of aromatic nitrogens is 4. The minimum absolute atomic E-state index is 0.322. The van der Waals surface area contributed by atoms with E-state index in [1.807, 2.05) is 22.8 Å². The molecule has 2 heterocycles. The van der Waals surface area contributed by atoms with Gasteiger partial charge in [0.1, 0.15) is 11.8 Å². The molecular weight excluding hydrogens is 290 g/mol. The molecule has 0 unspecified atom stereocenters. The molecular formula is C14H14ClN5O. The Morgan fingerprint density at radius 1 is 1.29 bits per heavy atom. The maximum absolute atomic E-state index is 10.4. The molecule has 21 heavy (non-hydrogen) atoms. The summed E-state index contributed by atoms with van der Waals surface area (Å²) in [4.78, 5) is 12.5. The second-order valence-corrected chi connectivity index (χ2v) is 4.99. The molecule has 0 fully saturated rings. The van der Waals surface area contributed by atoms with Crippen LogP contribution in [0.1, 0.15) is 11.7 Å². The van der Waals surface area contributed by atoms with Crippen molar-refractivity contribution < 1.29 is 5.11 Å². The number of nitrogens with zero attached hydrogens (tertiary/aromatic N) is 4. The maximum atomic E-state index is 10.4. The normalized spacial score (nSPS) is 12.5. The molecule has 6 nitrogen and oxygen atoms in total. The summed E-state index contributed by atoms with van der Waals surface area (Å²) in [6, 6.07) is 7.24. The SMILES string of the molecule is CNc1ncnc2ncn(C[C@H](O)c3ccccc3Cl)c12. The molecule has 2 aromatic heterocycles. The first-order chi connectivity index (χ1) is 10.2. The van der Waals surface area contributed by atoms with Gasteiger partial charge < -0.3 is 15.0 Å². The Labute approximate surface area is 126 Å². The first-order valence-electron chi connectivity index (χ1n) is 6.46. The van der Waals surface area contributed by atoms with Crippen molar-refractivity contribution in [3.8, 4) is 0 Å². The molecule has 3 rings (SSSR count). The third-order valence-corrected chi connectivity index (χ3v) is 3.62. The third kappa shape index (κ3) is 2.55. The van der Waals surface area contributed by atoms with Gasteiger partial charge in [-0.1, -0.05) is 29.8 Å². The van der Waals surface area contributed by atoms with Crippen LogP contribution in [0, 0.1) is 0 Å². The number of aliphatic hydroxyl groups excluding tert-OH is 1. The molecule has 0 saturated carbocycles. The number of hydrogen-bond acceptors (Lipinski definition) is 5. The fourth-order valence-electron chi connectivity index (χ4n) is 2.26. The van der Waals surface area contributed by atoms with E-state index in [1.54, 1.807) is 19.4 Å². The molecule has 0 aliphatic rings. The number of benzene rings is 1. The first-order valence-corrected chi connectivity index (χ1v) is 6.84. The highest BCUT2D eigenvalue weighted by Crippen LogP contribution is 2.26. The summed E-state index contributed by atoms with van der Waals surface area (Å²) in [5.74, 6) is 0.670. The Morgan fingerprint density at radius 3 is 2.86 bits per heavy atom. The van der Waals surface area contributed by atoms with Gasteiger partial charge in [0.2, 0.25) is 0 Å². The molecule has 0 aliphatic carbocycles. The highest BCUT2D eigenvalue weighted by Gasteiger charge is 2.15. The number of hydrogen-bond donors (Lipinski definition) is 2.